The zero-order valence-electron chi connectivity index (χ0n) is 19.3. The van der Waals surface area contributed by atoms with Crippen LogP contribution in [0.5, 0.6) is 0 Å². The van der Waals surface area contributed by atoms with Gasteiger partial charge < -0.3 is 9.42 Å². The van der Waals surface area contributed by atoms with Crippen LogP contribution < -0.4 is 0 Å². The number of hydrogen-bond acceptors (Lipinski definition) is 6. The molecule has 1 amide bonds. The van der Waals surface area contributed by atoms with Gasteiger partial charge in [0.1, 0.15) is 5.82 Å². The Morgan fingerprint density at radius 2 is 1.94 bits per heavy atom. The van der Waals surface area contributed by atoms with Gasteiger partial charge in [-0.25, -0.2) is 9.97 Å². The summed E-state index contributed by atoms with van der Waals surface area (Å²) < 4.78 is 43.7. The molecular formula is C24H26F3N5O2. The van der Waals surface area contributed by atoms with E-state index in [-0.39, 0.29) is 17.9 Å². The molecule has 1 fully saturated rings. The van der Waals surface area contributed by atoms with E-state index in [4.69, 9.17) is 4.52 Å². The lowest BCUT2D eigenvalue weighted by Crippen LogP contribution is -2.48. The zero-order chi connectivity index (χ0) is 24.5. The van der Waals surface area contributed by atoms with Crippen molar-refractivity contribution in [2.75, 3.05) is 6.54 Å². The molecule has 0 saturated carbocycles. The lowest BCUT2D eigenvalue weighted by atomic mass is 9.87. The Kier molecular flexibility index (Phi) is 6.67. The molecule has 0 N–H and O–H groups in total. The molecule has 4 rings (SSSR count). The van der Waals surface area contributed by atoms with E-state index in [2.05, 4.69) is 27.0 Å². The first kappa shape index (κ1) is 23.8. The number of piperidine rings is 1. The number of carbonyl (C=O) groups is 1. The van der Waals surface area contributed by atoms with Crippen LogP contribution in [0.3, 0.4) is 0 Å². The summed E-state index contributed by atoms with van der Waals surface area (Å²) in [6.45, 7) is 6.32. The standard InChI is InChI=1S/C24H26F3N5O2/c1-14-6-7-18(22-30-16(3)31-34-22)19(11-14)23(33)32-10-4-5-15(2)20(32)8-9-21-28-12-17(13-29-21)24(25,26)27/h6-7,11-13,15,20H,4-5,8-10H2,1-3H3/t15-,20-/m1/s1. The highest BCUT2D eigenvalue weighted by atomic mass is 19.4. The molecule has 0 bridgehead atoms. The molecule has 34 heavy (non-hydrogen) atoms. The number of amides is 1. The van der Waals surface area contributed by atoms with Crippen LogP contribution in [0.2, 0.25) is 0 Å². The summed E-state index contributed by atoms with van der Waals surface area (Å²) in [4.78, 5) is 27.7. The fourth-order valence-electron chi connectivity index (χ4n) is 4.43. The maximum Gasteiger partial charge on any atom is 0.419 e. The Balaban J connectivity index is 1.57. The largest absolute Gasteiger partial charge is 0.419 e. The van der Waals surface area contributed by atoms with Crippen molar-refractivity contribution in [1.29, 1.82) is 0 Å². The molecule has 7 nitrogen and oxygen atoms in total. The molecular weight excluding hydrogens is 447 g/mol. The summed E-state index contributed by atoms with van der Waals surface area (Å²) in [5.41, 5.74) is 1.14. The van der Waals surface area contributed by atoms with Crippen LogP contribution in [0.25, 0.3) is 11.5 Å². The molecule has 180 valence electrons. The number of rotatable bonds is 5. The third kappa shape index (κ3) is 5.10. The smallest absolute Gasteiger partial charge is 0.335 e. The van der Waals surface area contributed by atoms with Crippen molar-refractivity contribution >= 4 is 5.91 Å². The molecule has 0 unspecified atom stereocenters. The number of likely N-dealkylation sites (tertiary alicyclic amines) is 1. The van der Waals surface area contributed by atoms with Crippen molar-refractivity contribution < 1.29 is 22.5 Å². The van der Waals surface area contributed by atoms with E-state index in [1.54, 1.807) is 6.92 Å². The minimum absolute atomic E-state index is 0.0927. The van der Waals surface area contributed by atoms with Crippen molar-refractivity contribution in [1.82, 2.24) is 25.0 Å². The Morgan fingerprint density at radius 1 is 1.21 bits per heavy atom. The van der Waals surface area contributed by atoms with Crippen molar-refractivity contribution in [2.45, 2.75) is 58.7 Å². The Morgan fingerprint density at radius 3 is 2.59 bits per heavy atom. The van der Waals surface area contributed by atoms with E-state index >= 15 is 0 Å². The van der Waals surface area contributed by atoms with Gasteiger partial charge in [-0.3, -0.25) is 4.79 Å². The van der Waals surface area contributed by atoms with E-state index in [0.717, 1.165) is 30.8 Å². The fraction of sp³-hybridized carbons (Fsp3) is 0.458. The van der Waals surface area contributed by atoms with Gasteiger partial charge in [0.25, 0.3) is 11.8 Å². The maximum atomic E-state index is 13.8. The van der Waals surface area contributed by atoms with Gasteiger partial charge in [0.2, 0.25) is 0 Å². The highest BCUT2D eigenvalue weighted by Crippen LogP contribution is 2.32. The van der Waals surface area contributed by atoms with Gasteiger partial charge in [-0.2, -0.15) is 18.2 Å². The molecule has 3 heterocycles. The highest BCUT2D eigenvalue weighted by Gasteiger charge is 2.34. The van der Waals surface area contributed by atoms with Crippen LogP contribution in [-0.2, 0) is 12.6 Å². The monoisotopic (exact) mass is 473 g/mol. The van der Waals surface area contributed by atoms with Crippen LogP contribution in [-0.4, -0.2) is 43.5 Å². The predicted molar refractivity (Wildman–Crippen MR) is 118 cm³/mol. The molecule has 0 radical (unpaired) electrons. The summed E-state index contributed by atoms with van der Waals surface area (Å²) >= 11 is 0. The first-order valence-corrected chi connectivity index (χ1v) is 11.2. The Hall–Kier alpha value is -3.30. The predicted octanol–water partition coefficient (Wildman–Crippen LogP) is 5.04. The molecule has 1 aliphatic rings. The third-order valence-corrected chi connectivity index (χ3v) is 6.24. The second-order valence-electron chi connectivity index (χ2n) is 8.81. The molecule has 2 atom stereocenters. The first-order valence-electron chi connectivity index (χ1n) is 11.2. The normalized spacial score (nSPS) is 18.8. The number of aryl methyl sites for hydroxylation is 3. The van der Waals surface area contributed by atoms with Gasteiger partial charge in [0, 0.05) is 31.4 Å². The number of nitrogens with zero attached hydrogens (tertiary/aromatic N) is 5. The van der Waals surface area contributed by atoms with Gasteiger partial charge in [-0.05, 0) is 51.2 Å². The average Bonchev–Trinajstić information content (AvgIpc) is 3.23. The minimum Gasteiger partial charge on any atom is -0.335 e. The van der Waals surface area contributed by atoms with E-state index in [9.17, 15) is 18.0 Å². The van der Waals surface area contributed by atoms with E-state index in [1.807, 2.05) is 30.0 Å². The van der Waals surface area contributed by atoms with E-state index in [1.165, 1.54) is 0 Å². The molecule has 0 spiro atoms. The van der Waals surface area contributed by atoms with Gasteiger partial charge in [-0.1, -0.05) is 23.7 Å². The zero-order valence-corrected chi connectivity index (χ0v) is 19.3. The summed E-state index contributed by atoms with van der Waals surface area (Å²) in [6, 6.07) is 5.44. The van der Waals surface area contributed by atoms with Gasteiger partial charge in [0.05, 0.1) is 16.7 Å². The summed E-state index contributed by atoms with van der Waals surface area (Å²) in [7, 11) is 0. The quantitative estimate of drug-likeness (QED) is 0.516. The van der Waals surface area contributed by atoms with E-state index < -0.39 is 11.7 Å². The van der Waals surface area contributed by atoms with Crippen LogP contribution in [0, 0.1) is 19.8 Å². The summed E-state index contributed by atoms with van der Waals surface area (Å²) in [5.74, 6) is 1.21. The third-order valence-electron chi connectivity index (χ3n) is 6.24. The second kappa shape index (κ2) is 9.52. The SMILES string of the molecule is Cc1ccc(-c2nc(C)no2)c(C(=O)N2CCC[C@@H](C)[C@H]2CCc2ncc(C(F)(F)F)cn2)c1. The van der Waals surface area contributed by atoms with Crippen molar-refractivity contribution in [3.63, 3.8) is 0 Å². The van der Waals surface area contributed by atoms with Crippen LogP contribution in [0.1, 0.15) is 59.3 Å². The van der Waals surface area contributed by atoms with Crippen molar-refractivity contribution in [3.8, 4) is 11.5 Å². The first-order chi connectivity index (χ1) is 16.1. The number of carbonyl (C=O) groups excluding carboxylic acids is 1. The van der Waals surface area contributed by atoms with Crippen molar-refractivity contribution in [3.05, 3.63) is 58.9 Å². The minimum atomic E-state index is -4.47. The molecule has 1 aliphatic heterocycles. The average molecular weight is 473 g/mol. The molecule has 2 aromatic heterocycles. The van der Waals surface area contributed by atoms with Crippen LogP contribution in [0.4, 0.5) is 13.2 Å². The topological polar surface area (TPSA) is 85.0 Å². The molecule has 1 saturated heterocycles. The lowest BCUT2D eigenvalue weighted by molar-refractivity contribution is -0.138. The second-order valence-corrected chi connectivity index (χ2v) is 8.81. The van der Waals surface area contributed by atoms with Gasteiger partial charge >= 0.3 is 6.18 Å². The Bertz CT molecular complexity index is 1160. The molecule has 10 heteroatoms. The molecule has 3 aromatic rings. The molecule has 1 aromatic carbocycles. The van der Waals surface area contributed by atoms with Crippen LogP contribution >= 0.6 is 0 Å². The van der Waals surface area contributed by atoms with Gasteiger partial charge in [-0.15, -0.1) is 0 Å². The number of halogens is 3. The summed E-state index contributed by atoms with van der Waals surface area (Å²) in [6.07, 6.45) is -0.0869. The number of alkyl halides is 3. The fourth-order valence-corrected chi connectivity index (χ4v) is 4.43. The number of aromatic nitrogens is 4. The molecule has 0 aliphatic carbocycles. The summed E-state index contributed by atoms with van der Waals surface area (Å²) in [5, 5.41) is 3.84. The Labute approximate surface area is 195 Å². The van der Waals surface area contributed by atoms with Crippen LogP contribution in [0.15, 0.2) is 35.1 Å². The number of benzene rings is 1. The van der Waals surface area contributed by atoms with Crippen molar-refractivity contribution in [2.24, 2.45) is 5.92 Å². The van der Waals surface area contributed by atoms with Gasteiger partial charge in [0.15, 0.2) is 5.82 Å². The lowest BCUT2D eigenvalue weighted by Gasteiger charge is -2.40. The maximum absolute atomic E-state index is 13.8. The number of hydrogen-bond donors (Lipinski definition) is 0. The van der Waals surface area contributed by atoms with E-state index in [0.29, 0.717) is 48.1 Å². The highest BCUT2D eigenvalue weighted by molar-refractivity contribution is 6.00.